The molecule has 2 aliphatic rings. The normalized spacial score (nSPS) is 23.0. The number of carbonyl (C=O) groups is 1. The summed E-state index contributed by atoms with van der Waals surface area (Å²) in [6.45, 7) is 0.562. The molecule has 2 amide bonds. The van der Waals surface area contributed by atoms with Crippen molar-refractivity contribution >= 4 is 17.4 Å². The molecular weight excluding hydrogens is 266 g/mol. The zero-order chi connectivity index (χ0) is 14.4. The first-order valence-electron chi connectivity index (χ1n) is 6.92. The molecule has 1 saturated heterocycles. The highest BCUT2D eigenvalue weighted by Crippen LogP contribution is 2.43. The Hall–Kier alpha value is -2.69. The van der Waals surface area contributed by atoms with Crippen LogP contribution in [0.5, 0.6) is 5.75 Å². The largest absolute Gasteiger partial charge is 0.481 e. The van der Waals surface area contributed by atoms with Crippen molar-refractivity contribution in [3.63, 3.8) is 0 Å². The molecule has 0 aromatic heterocycles. The second-order valence-electron chi connectivity index (χ2n) is 5.30. The molecule has 5 nitrogen and oxygen atoms in total. The molecule has 4 rings (SSSR count). The molecule has 106 valence electrons. The van der Waals surface area contributed by atoms with Crippen molar-refractivity contribution in [3.05, 3.63) is 54.1 Å². The van der Waals surface area contributed by atoms with Crippen LogP contribution in [-0.4, -0.2) is 18.6 Å². The zero-order valence-corrected chi connectivity index (χ0v) is 11.3. The van der Waals surface area contributed by atoms with Gasteiger partial charge in [-0.05, 0) is 23.8 Å². The van der Waals surface area contributed by atoms with Crippen molar-refractivity contribution in [1.82, 2.24) is 5.32 Å². The van der Waals surface area contributed by atoms with Crippen LogP contribution in [0.25, 0.3) is 0 Å². The lowest BCUT2D eigenvalue weighted by Gasteiger charge is -2.37. The molecule has 3 N–H and O–H groups in total. The highest BCUT2D eigenvalue weighted by atomic mass is 16.5. The van der Waals surface area contributed by atoms with Gasteiger partial charge in [-0.2, -0.15) is 0 Å². The Labute approximate surface area is 122 Å². The first-order chi connectivity index (χ1) is 10.2. The molecule has 2 aromatic carbocycles. The van der Waals surface area contributed by atoms with Crippen LogP contribution in [0.2, 0.25) is 0 Å². The molecule has 2 atom stereocenters. The van der Waals surface area contributed by atoms with E-state index in [1.54, 1.807) is 17.0 Å². The molecule has 0 spiro atoms. The second-order valence-corrected chi connectivity index (χ2v) is 5.30. The molecule has 0 aliphatic carbocycles. The molecule has 0 bridgehead atoms. The summed E-state index contributed by atoms with van der Waals surface area (Å²) in [6, 6.07) is 15.2. The van der Waals surface area contributed by atoms with Crippen LogP contribution in [0.15, 0.2) is 48.5 Å². The second kappa shape index (κ2) is 4.41. The fourth-order valence-corrected chi connectivity index (χ4v) is 3.02. The van der Waals surface area contributed by atoms with Crippen molar-refractivity contribution in [3.8, 4) is 5.75 Å². The molecule has 0 radical (unpaired) electrons. The number of nitrogens with zero attached hydrogens (tertiary/aromatic N) is 1. The van der Waals surface area contributed by atoms with Crippen molar-refractivity contribution in [1.29, 1.82) is 0 Å². The fraction of sp³-hybridized carbons (Fsp3) is 0.188. The predicted octanol–water partition coefficient (Wildman–Crippen LogP) is 2.30. The Morgan fingerprint density at radius 3 is 2.81 bits per heavy atom. The van der Waals surface area contributed by atoms with Gasteiger partial charge in [-0.25, -0.2) is 4.79 Å². The molecule has 21 heavy (non-hydrogen) atoms. The Morgan fingerprint density at radius 2 is 2.00 bits per heavy atom. The zero-order valence-electron chi connectivity index (χ0n) is 11.3. The van der Waals surface area contributed by atoms with Gasteiger partial charge >= 0.3 is 6.03 Å². The predicted molar refractivity (Wildman–Crippen MR) is 80.3 cm³/mol. The number of nitrogens with one attached hydrogen (secondary N) is 1. The fourth-order valence-electron chi connectivity index (χ4n) is 3.02. The topological polar surface area (TPSA) is 67.6 Å². The van der Waals surface area contributed by atoms with E-state index in [-0.39, 0.29) is 18.2 Å². The van der Waals surface area contributed by atoms with E-state index in [1.165, 1.54) is 0 Å². The number of anilines is 2. The highest BCUT2D eigenvalue weighted by molar-refractivity contribution is 5.97. The molecule has 2 aromatic rings. The summed E-state index contributed by atoms with van der Waals surface area (Å²) in [6.07, 6.45) is -0.179. The van der Waals surface area contributed by atoms with Gasteiger partial charge in [0.25, 0.3) is 0 Å². The number of nitrogen functional groups attached to an aromatic ring is 1. The Balaban J connectivity index is 1.83. The van der Waals surface area contributed by atoms with Crippen LogP contribution in [0.3, 0.4) is 0 Å². The van der Waals surface area contributed by atoms with E-state index >= 15 is 0 Å². The van der Waals surface area contributed by atoms with Crippen LogP contribution >= 0.6 is 0 Å². The molecule has 1 fully saturated rings. The van der Waals surface area contributed by atoms with E-state index in [9.17, 15) is 4.79 Å². The van der Waals surface area contributed by atoms with Gasteiger partial charge in [0.05, 0.1) is 11.7 Å². The average Bonchev–Trinajstić information content (AvgIpc) is 2.90. The summed E-state index contributed by atoms with van der Waals surface area (Å²) in [4.78, 5) is 13.9. The van der Waals surface area contributed by atoms with Crippen LogP contribution < -0.4 is 20.7 Å². The summed E-state index contributed by atoms with van der Waals surface area (Å²) >= 11 is 0. The van der Waals surface area contributed by atoms with Gasteiger partial charge < -0.3 is 15.8 Å². The molecule has 2 unspecified atom stereocenters. The van der Waals surface area contributed by atoms with Gasteiger partial charge in [-0.1, -0.05) is 30.3 Å². The third-order valence-corrected chi connectivity index (χ3v) is 3.99. The Bertz CT molecular complexity index is 702. The maximum atomic E-state index is 12.2. The van der Waals surface area contributed by atoms with Gasteiger partial charge in [-0.15, -0.1) is 0 Å². The molecule has 5 heteroatoms. The van der Waals surface area contributed by atoms with Crippen LogP contribution in [0, 0.1) is 0 Å². The first-order valence-corrected chi connectivity index (χ1v) is 6.92. The standard InChI is InChI=1S/C16H15N3O2/c17-11-6-7-14-12(8-11)19-13(9-18-16(19)20)15(21-14)10-4-2-1-3-5-10/h1-8,13,15H,9,17H2,(H,18,20). The van der Waals surface area contributed by atoms with E-state index < -0.39 is 0 Å². The van der Waals surface area contributed by atoms with Crippen molar-refractivity contribution in [2.45, 2.75) is 12.1 Å². The lowest BCUT2D eigenvalue weighted by atomic mass is 9.99. The number of rotatable bonds is 1. The summed E-state index contributed by atoms with van der Waals surface area (Å²) in [5.74, 6) is 0.686. The van der Waals surface area contributed by atoms with Crippen LogP contribution in [0.4, 0.5) is 16.2 Å². The number of fused-ring (bicyclic) bond motifs is 3. The van der Waals surface area contributed by atoms with E-state index in [4.69, 9.17) is 10.5 Å². The van der Waals surface area contributed by atoms with Crippen LogP contribution in [0.1, 0.15) is 11.7 Å². The maximum Gasteiger partial charge on any atom is 0.322 e. The minimum absolute atomic E-state index is 0.0609. The number of amides is 2. The molecule has 2 aliphatic heterocycles. The van der Waals surface area contributed by atoms with Crippen LogP contribution in [-0.2, 0) is 0 Å². The Morgan fingerprint density at radius 1 is 1.19 bits per heavy atom. The molecule has 2 heterocycles. The van der Waals surface area contributed by atoms with E-state index in [2.05, 4.69) is 5.32 Å². The number of hydrogen-bond donors (Lipinski definition) is 2. The number of hydrogen-bond acceptors (Lipinski definition) is 3. The lowest BCUT2D eigenvalue weighted by molar-refractivity contribution is 0.165. The third-order valence-electron chi connectivity index (χ3n) is 3.99. The lowest BCUT2D eigenvalue weighted by Crippen LogP contribution is -2.43. The third kappa shape index (κ3) is 1.81. The average molecular weight is 281 g/mol. The van der Waals surface area contributed by atoms with Crippen molar-refractivity contribution in [2.75, 3.05) is 17.2 Å². The summed E-state index contributed by atoms with van der Waals surface area (Å²) in [7, 11) is 0. The minimum atomic E-state index is -0.179. The summed E-state index contributed by atoms with van der Waals surface area (Å²) in [5, 5.41) is 2.89. The summed E-state index contributed by atoms with van der Waals surface area (Å²) in [5.41, 5.74) is 8.26. The summed E-state index contributed by atoms with van der Waals surface area (Å²) < 4.78 is 6.15. The van der Waals surface area contributed by atoms with Gasteiger partial charge in [0.1, 0.15) is 11.9 Å². The quantitative estimate of drug-likeness (QED) is 0.788. The SMILES string of the molecule is Nc1ccc2c(c1)N1C(=O)NCC1C(c1ccccc1)O2. The Kier molecular flexibility index (Phi) is 2.54. The van der Waals surface area contributed by atoms with Gasteiger partial charge in [0.15, 0.2) is 0 Å². The monoisotopic (exact) mass is 281 g/mol. The van der Waals surface area contributed by atoms with Gasteiger partial charge in [0, 0.05) is 12.2 Å². The van der Waals surface area contributed by atoms with Gasteiger partial charge in [-0.3, -0.25) is 4.90 Å². The van der Waals surface area contributed by atoms with Gasteiger partial charge in [0.2, 0.25) is 0 Å². The number of ether oxygens (including phenoxy) is 1. The number of carbonyl (C=O) groups excluding carboxylic acids is 1. The molecular formula is C16H15N3O2. The van der Waals surface area contributed by atoms with E-state index in [0.29, 0.717) is 18.0 Å². The van der Waals surface area contributed by atoms with Crippen molar-refractivity contribution < 1.29 is 9.53 Å². The van der Waals surface area contributed by atoms with Crippen molar-refractivity contribution in [2.24, 2.45) is 0 Å². The van der Waals surface area contributed by atoms with E-state index in [0.717, 1.165) is 11.3 Å². The smallest absolute Gasteiger partial charge is 0.322 e. The number of nitrogens with two attached hydrogens (primary N) is 1. The highest BCUT2D eigenvalue weighted by Gasteiger charge is 2.44. The maximum absolute atomic E-state index is 12.2. The molecule has 0 saturated carbocycles. The number of urea groups is 1. The van der Waals surface area contributed by atoms with E-state index in [1.807, 2.05) is 36.4 Å². The first kappa shape index (κ1) is 12.1. The minimum Gasteiger partial charge on any atom is -0.481 e. The number of benzene rings is 2.